The lowest BCUT2D eigenvalue weighted by Crippen LogP contribution is -2.32. The zero-order valence-electron chi connectivity index (χ0n) is 22.3. The maximum absolute atomic E-state index is 6.72. The third-order valence-corrected chi connectivity index (χ3v) is 8.58. The largest absolute Gasteiger partial charge is 0.454 e. The van der Waals surface area contributed by atoms with Crippen LogP contribution in [0.25, 0.3) is 39.0 Å². The summed E-state index contributed by atoms with van der Waals surface area (Å²) in [6.07, 6.45) is 11.1. The fourth-order valence-electron chi connectivity index (χ4n) is 6.74. The van der Waals surface area contributed by atoms with Gasteiger partial charge in [0.1, 0.15) is 5.58 Å². The molecule has 8 rings (SSSR count). The second-order valence-corrected chi connectivity index (χ2v) is 11.0. The van der Waals surface area contributed by atoms with E-state index in [0.29, 0.717) is 6.54 Å². The van der Waals surface area contributed by atoms with Crippen molar-refractivity contribution in [3.05, 3.63) is 150 Å². The van der Waals surface area contributed by atoms with Crippen molar-refractivity contribution in [2.75, 3.05) is 0 Å². The Morgan fingerprint density at radius 1 is 0.825 bits per heavy atom. The Balaban J connectivity index is 1.32. The maximum Gasteiger partial charge on any atom is 0.156 e. The molecular weight excluding hydrogens is 488 g/mol. The smallest absolute Gasteiger partial charge is 0.156 e. The molecule has 0 bridgehead atoms. The molecule has 192 valence electrons. The second-order valence-electron chi connectivity index (χ2n) is 11.0. The van der Waals surface area contributed by atoms with Crippen molar-refractivity contribution >= 4 is 28.1 Å². The highest BCUT2D eigenvalue weighted by molar-refractivity contribution is 6.00. The Kier molecular flexibility index (Phi) is 5.08. The van der Waals surface area contributed by atoms with Crippen LogP contribution < -0.4 is 0 Å². The standard InChI is InChI=1S/C37H28N2O/c1-37-22-10-9-15-30(37)33-29-14-6-8-17-32(29)40-36(33)35-34(37)28-13-5-7-16-31(28)39(35)27-20-18-26(19-21-27)24-38-23-25-11-3-2-4-12-25/h2-22,24,30H,23H2,1H3/b38-24+. The first-order valence-electron chi connectivity index (χ1n) is 13.9. The van der Waals surface area contributed by atoms with Crippen LogP contribution in [0.2, 0.25) is 0 Å². The predicted molar refractivity (Wildman–Crippen MR) is 165 cm³/mol. The van der Waals surface area contributed by atoms with Crippen LogP contribution >= 0.6 is 0 Å². The highest BCUT2D eigenvalue weighted by atomic mass is 16.3. The van der Waals surface area contributed by atoms with Gasteiger partial charge in [-0.3, -0.25) is 4.99 Å². The van der Waals surface area contributed by atoms with Gasteiger partial charge in [-0.1, -0.05) is 110 Å². The SMILES string of the molecule is CC12C=CC=CC1c1c(oc3ccccc13)-c1c2c2ccccc2n1-c1ccc(/C=N/Cc2ccccc2)cc1. The summed E-state index contributed by atoms with van der Waals surface area (Å²) in [4.78, 5) is 4.67. The molecule has 0 saturated carbocycles. The number of hydrogen-bond donors (Lipinski definition) is 0. The molecule has 4 aromatic carbocycles. The molecule has 2 atom stereocenters. The van der Waals surface area contributed by atoms with Crippen molar-refractivity contribution in [2.24, 2.45) is 4.99 Å². The summed E-state index contributed by atoms with van der Waals surface area (Å²) in [5.41, 5.74) is 9.09. The van der Waals surface area contributed by atoms with Gasteiger partial charge < -0.3 is 8.98 Å². The lowest BCUT2D eigenvalue weighted by molar-refractivity contribution is 0.506. The molecule has 3 heteroatoms. The number of aliphatic imine (C=N–C) groups is 1. The molecule has 0 radical (unpaired) electrons. The first-order valence-corrected chi connectivity index (χ1v) is 13.9. The van der Waals surface area contributed by atoms with Gasteiger partial charge in [-0.2, -0.15) is 0 Å². The number of para-hydroxylation sites is 2. The molecule has 2 unspecified atom stereocenters. The van der Waals surface area contributed by atoms with E-state index in [1.807, 2.05) is 12.3 Å². The molecule has 0 aliphatic heterocycles. The molecule has 0 N–H and O–H groups in total. The van der Waals surface area contributed by atoms with E-state index in [1.54, 1.807) is 0 Å². The zero-order valence-corrected chi connectivity index (χ0v) is 22.3. The monoisotopic (exact) mass is 516 g/mol. The average molecular weight is 517 g/mol. The molecule has 2 heterocycles. The molecule has 40 heavy (non-hydrogen) atoms. The van der Waals surface area contributed by atoms with Crippen molar-refractivity contribution in [1.29, 1.82) is 0 Å². The summed E-state index contributed by atoms with van der Waals surface area (Å²) in [7, 11) is 0. The van der Waals surface area contributed by atoms with E-state index in [0.717, 1.165) is 28.3 Å². The van der Waals surface area contributed by atoms with Gasteiger partial charge in [0.05, 0.1) is 17.8 Å². The van der Waals surface area contributed by atoms with E-state index in [9.17, 15) is 0 Å². The molecule has 0 saturated heterocycles. The van der Waals surface area contributed by atoms with Crippen molar-refractivity contribution < 1.29 is 4.42 Å². The van der Waals surface area contributed by atoms with Crippen molar-refractivity contribution in [2.45, 2.75) is 24.8 Å². The second kappa shape index (κ2) is 8.82. The third-order valence-electron chi connectivity index (χ3n) is 8.58. The number of fused-ring (bicyclic) bond motifs is 10. The van der Waals surface area contributed by atoms with Crippen LogP contribution in [0.15, 0.2) is 137 Å². The highest BCUT2D eigenvalue weighted by Crippen LogP contribution is 2.58. The topological polar surface area (TPSA) is 30.4 Å². The summed E-state index contributed by atoms with van der Waals surface area (Å²) in [6, 6.07) is 36.3. The van der Waals surface area contributed by atoms with Crippen molar-refractivity contribution in [3.63, 3.8) is 0 Å². The number of allylic oxidation sites excluding steroid dienone is 4. The molecular formula is C37H28N2O. The molecule has 0 spiro atoms. The van der Waals surface area contributed by atoms with Crippen LogP contribution in [0.3, 0.4) is 0 Å². The van der Waals surface area contributed by atoms with Gasteiger partial charge in [-0.15, -0.1) is 0 Å². The number of benzene rings is 4. The Morgan fingerprint density at radius 2 is 1.57 bits per heavy atom. The molecule has 6 aromatic rings. The molecule has 2 aliphatic rings. The van der Waals surface area contributed by atoms with Crippen LogP contribution in [0.5, 0.6) is 0 Å². The number of rotatable bonds is 4. The summed E-state index contributed by atoms with van der Waals surface area (Å²) >= 11 is 0. The van der Waals surface area contributed by atoms with Gasteiger partial charge in [0, 0.05) is 39.6 Å². The van der Waals surface area contributed by atoms with Gasteiger partial charge in [0.15, 0.2) is 5.76 Å². The Labute approximate surface area is 233 Å². The average Bonchev–Trinajstić information content (AvgIpc) is 3.55. The number of aromatic nitrogens is 1. The quantitative estimate of drug-likeness (QED) is 0.215. The van der Waals surface area contributed by atoms with Crippen molar-refractivity contribution in [3.8, 4) is 17.1 Å². The van der Waals surface area contributed by atoms with Gasteiger partial charge >= 0.3 is 0 Å². The number of nitrogens with zero attached hydrogens (tertiary/aromatic N) is 2. The van der Waals surface area contributed by atoms with Gasteiger partial charge in [0.25, 0.3) is 0 Å². The number of hydrogen-bond acceptors (Lipinski definition) is 2. The fourth-order valence-corrected chi connectivity index (χ4v) is 6.74. The summed E-state index contributed by atoms with van der Waals surface area (Å²) < 4.78 is 9.11. The predicted octanol–water partition coefficient (Wildman–Crippen LogP) is 9.14. The lowest BCUT2D eigenvalue weighted by Gasteiger charge is -2.40. The van der Waals surface area contributed by atoms with Gasteiger partial charge in [-0.25, -0.2) is 0 Å². The van der Waals surface area contributed by atoms with Crippen LogP contribution in [0, 0.1) is 0 Å². The van der Waals surface area contributed by atoms with Crippen LogP contribution in [0.1, 0.15) is 35.1 Å². The minimum atomic E-state index is -0.196. The molecule has 0 amide bonds. The maximum atomic E-state index is 6.72. The summed E-state index contributed by atoms with van der Waals surface area (Å²) in [5.74, 6) is 1.18. The minimum absolute atomic E-state index is 0.196. The van der Waals surface area contributed by atoms with E-state index >= 15 is 0 Å². The Hall–Kier alpha value is -4.89. The van der Waals surface area contributed by atoms with E-state index in [2.05, 4.69) is 138 Å². The minimum Gasteiger partial charge on any atom is -0.454 e. The lowest BCUT2D eigenvalue weighted by atomic mass is 9.62. The molecule has 3 nitrogen and oxygen atoms in total. The zero-order chi connectivity index (χ0) is 26.7. The molecule has 0 fully saturated rings. The molecule has 2 aliphatic carbocycles. The van der Waals surface area contributed by atoms with Gasteiger partial charge in [-0.05, 0) is 41.0 Å². The van der Waals surface area contributed by atoms with E-state index in [-0.39, 0.29) is 11.3 Å². The van der Waals surface area contributed by atoms with Crippen LogP contribution in [-0.2, 0) is 12.0 Å². The Morgan fingerprint density at radius 3 is 2.42 bits per heavy atom. The van der Waals surface area contributed by atoms with E-state index < -0.39 is 0 Å². The third kappa shape index (κ3) is 3.34. The molecule has 2 aromatic heterocycles. The van der Waals surface area contributed by atoms with Crippen molar-refractivity contribution in [1.82, 2.24) is 4.57 Å². The first-order chi connectivity index (χ1) is 19.7. The Bertz CT molecular complexity index is 1990. The summed E-state index contributed by atoms with van der Waals surface area (Å²) in [5, 5.41) is 2.46. The van der Waals surface area contributed by atoms with Crippen LogP contribution in [0.4, 0.5) is 0 Å². The summed E-state index contributed by atoms with van der Waals surface area (Å²) in [6.45, 7) is 3.05. The van der Waals surface area contributed by atoms with Crippen LogP contribution in [-0.4, -0.2) is 10.8 Å². The van der Waals surface area contributed by atoms with E-state index in [1.165, 1.54) is 33.0 Å². The number of furan rings is 1. The van der Waals surface area contributed by atoms with Gasteiger partial charge in [0.2, 0.25) is 0 Å². The normalized spacial score (nSPS) is 19.3. The van der Waals surface area contributed by atoms with E-state index in [4.69, 9.17) is 4.42 Å². The first kappa shape index (κ1) is 23.0. The highest BCUT2D eigenvalue weighted by Gasteiger charge is 2.47. The fraction of sp³-hybridized carbons (Fsp3) is 0.108.